The standard InChI is InChI=1S/C20H19N7O/c1-12-11-13(2)26-20(21-12)22-17(25-26)19(28)23-18-15-9-6-10-16(15)24-27(18)14-7-4-3-5-8-14/h3-5,7-8,11H,6,9-10H2,1-2H3,(H,23,28). The Balaban J connectivity index is 1.54. The highest BCUT2D eigenvalue weighted by Gasteiger charge is 2.26. The molecule has 28 heavy (non-hydrogen) atoms. The van der Waals surface area contributed by atoms with Gasteiger partial charge in [0.2, 0.25) is 5.82 Å². The first kappa shape index (κ1) is 16.6. The third-order valence-corrected chi connectivity index (χ3v) is 4.96. The molecule has 3 heterocycles. The summed E-state index contributed by atoms with van der Waals surface area (Å²) in [6.07, 6.45) is 2.87. The van der Waals surface area contributed by atoms with E-state index < -0.39 is 0 Å². The highest BCUT2D eigenvalue weighted by atomic mass is 16.2. The van der Waals surface area contributed by atoms with Crippen molar-refractivity contribution < 1.29 is 4.79 Å². The minimum Gasteiger partial charge on any atom is -0.303 e. The van der Waals surface area contributed by atoms with Gasteiger partial charge in [-0.25, -0.2) is 14.2 Å². The quantitative estimate of drug-likeness (QED) is 0.596. The first-order chi connectivity index (χ1) is 13.6. The van der Waals surface area contributed by atoms with Gasteiger partial charge >= 0.3 is 0 Å². The number of benzene rings is 1. The predicted molar refractivity (Wildman–Crippen MR) is 104 cm³/mol. The Morgan fingerprint density at radius 3 is 2.71 bits per heavy atom. The van der Waals surface area contributed by atoms with Crippen molar-refractivity contribution in [3.8, 4) is 5.69 Å². The molecule has 0 atom stereocenters. The van der Waals surface area contributed by atoms with Gasteiger partial charge in [0.05, 0.1) is 11.4 Å². The van der Waals surface area contributed by atoms with E-state index in [1.807, 2.05) is 50.2 Å². The lowest BCUT2D eigenvalue weighted by atomic mass is 10.2. The van der Waals surface area contributed by atoms with Gasteiger partial charge in [-0.15, -0.1) is 5.10 Å². The number of para-hydroxylation sites is 1. The van der Waals surface area contributed by atoms with Gasteiger partial charge in [-0.1, -0.05) is 18.2 Å². The van der Waals surface area contributed by atoms with E-state index in [1.165, 1.54) is 0 Å². The molecule has 1 N–H and O–H groups in total. The van der Waals surface area contributed by atoms with Crippen LogP contribution in [-0.2, 0) is 12.8 Å². The molecular formula is C20H19N7O. The molecule has 1 aromatic carbocycles. The van der Waals surface area contributed by atoms with E-state index in [9.17, 15) is 4.79 Å². The molecule has 0 saturated carbocycles. The topological polar surface area (TPSA) is 90.0 Å². The Hall–Kier alpha value is -3.55. The van der Waals surface area contributed by atoms with Crippen molar-refractivity contribution in [2.75, 3.05) is 5.32 Å². The zero-order valence-electron chi connectivity index (χ0n) is 15.7. The number of amides is 1. The molecule has 0 unspecified atom stereocenters. The summed E-state index contributed by atoms with van der Waals surface area (Å²) in [5.41, 5.74) is 4.75. The Morgan fingerprint density at radius 2 is 1.89 bits per heavy atom. The van der Waals surface area contributed by atoms with E-state index in [1.54, 1.807) is 9.20 Å². The number of hydrogen-bond donors (Lipinski definition) is 1. The average Bonchev–Trinajstić information content (AvgIpc) is 3.38. The summed E-state index contributed by atoms with van der Waals surface area (Å²) in [7, 11) is 0. The first-order valence-electron chi connectivity index (χ1n) is 9.29. The maximum Gasteiger partial charge on any atom is 0.296 e. The monoisotopic (exact) mass is 373 g/mol. The van der Waals surface area contributed by atoms with Gasteiger partial charge < -0.3 is 5.32 Å². The van der Waals surface area contributed by atoms with Crippen LogP contribution < -0.4 is 5.32 Å². The van der Waals surface area contributed by atoms with Gasteiger partial charge in [-0.2, -0.15) is 10.1 Å². The molecule has 8 heteroatoms. The van der Waals surface area contributed by atoms with Crippen molar-refractivity contribution >= 4 is 17.5 Å². The number of carbonyl (C=O) groups excluding carboxylic acids is 1. The van der Waals surface area contributed by atoms with Gasteiger partial charge in [0.25, 0.3) is 11.7 Å². The van der Waals surface area contributed by atoms with Crippen LogP contribution in [0.3, 0.4) is 0 Å². The summed E-state index contributed by atoms with van der Waals surface area (Å²) in [5, 5.41) is 12.0. The molecule has 0 aliphatic heterocycles. The Morgan fingerprint density at radius 1 is 1.07 bits per heavy atom. The molecule has 1 aliphatic rings. The molecule has 8 nitrogen and oxygen atoms in total. The molecule has 0 saturated heterocycles. The lowest BCUT2D eigenvalue weighted by Crippen LogP contribution is -2.18. The third kappa shape index (κ3) is 2.65. The van der Waals surface area contributed by atoms with Crippen LogP contribution in [0.5, 0.6) is 0 Å². The third-order valence-electron chi connectivity index (χ3n) is 4.96. The Labute approximate surface area is 161 Å². The predicted octanol–water partition coefficient (Wildman–Crippen LogP) is 2.67. The van der Waals surface area contributed by atoms with Crippen molar-refractivity contribution in [3.05, 3.63) is 64.9 Å². The Kier molecular flexibility index (Phi) is 3.71. The highest BCUT2D eigenvalue weighted by Crippen LogP contribution is 2.31. The van der Waals surface area contributed by atoms with E-state index in [4.69, 9.17) is 5.10 Å². The van der Waals surface area contributed by atoms with E-state index >= 15 is 0 Å². The molecule has 3 aromatic heterocycles. The highest BCUT2D eigenvalue weighted by molar-refractivity contribution is 6.02. The summed E-state index contributed by atoms with van der Waals surface area (Å²) in [4.78, 5) is 21.6. The summed E-state index contributed by atoms with van der Waals surface area (Å²) in [5.74, 6) is 0.843. The number of nitrogens with zero attached hydrogens (tertiary/aromatic N) is 6. The van der Waals surface area contributed by atoms with Crippen LogP contribution in [0.2, 0.25) is 0 Å². The van der Waals surface area contributed by atoms with E-state index in [0.717, 1.165) is 47.6 Å². The van der Waals surface area contributed by atoms with Crippen molar-refractivity contribution in [2.45, 2.75) is 33.1 Å². The van der Waals surface area contributed by atoms with Crippen molar-refractivity contribution in [1.82, 2.24) is 29.4 Å². The summed E-state index contributed by atoms with van der Waals surface area (Å²) in [6, 6.07) is 11.7. The van der Waals surface area contributed by atoms with Crippen LogP contribution in [0, 0.1) is 13.8 Å². The number of hydrogen-bond acceptors (Lipinski definition) is 5. The number of aromatic nitrogens is 6. The van der Waals surface area contributed by atoms with Crippen LogP contribution in [0.4, 0.5) is 5.82 Å². The molecule has 1 amide bonds. The molecule has 4 aromatic rings. The van der Waals surface area contributed by atoms with Crippen molar-refractivity contribution in [2.24, 2.45) is 0 Å². The second-order valence-electron chi connectivity index (χ2n) is 7.02. The number of nitrogens with one attached hydrogen (secondary N) is 1. The second-order valence-corrected chi connectivity index (χ2v) is 7.02. The van der Waals surface area contributed by atoms with Crippen molar-refractivity contribution in [1.29, 1.82) is 0 Å². The second kappa shape index (κ2) is 6.26. The van der Waals surface area contributed by atoms with Crippen LogP contribution in [0.15, 0.2) is 36.4 Å². The van der Waals surface area contributed by atoms with Gasteiger partial charge in [0.15, 0.2) is 0 Å². The van der Waals surface area contributed by atoms with Crippen LogP contribution in [0.25, 0.3) is 11.5 Å². The molecule has 0 spiro atoms. The fourth-order valence-corrected chi connectivity index (χ4v) is 3.70. The summed E-state index contributed by atoms with van der Waals surface area (Å²) >= 11 is 0. The van der Waals surface area contributed by atoms with E-state index in [-0.39, 0.29) is 11.7 Å². The largest absolute Gasteiger partial charge is 0.303 e. The van der Waals surface area contributed by atoms with E-state index in [2.05, 4.69) is 20.4 Å². The van der Waals surface area contributed by atoms with Crippen LogP contribution in [0.1, 0.15) is 39.7 Å². The lowest BCUT2D eigenvalue weighted by Gasteiger charge is -2.09. The fraction of sp³-hybridized carbons (Fsp3) is 0.250. The number of rotatable bonds is 3. The molecule has 140 valence electrons. The minimum atomic E-state index is -0.366. The fourth-order valence-electron chi connectivity index (χ4n) is 3.70. The molecule has 0 bridgehead atoms. The minimum absolute atomic E-state index is 0.0914. The normalized spacial score (nSPS) is 13.1. The summed E-state index contributed by atoms with van der Waals surface area (Å²) in [6.45, 7) is 3.80. The zero-order chi connectivity index (χ0) is 19.3. The Bertz CT molecular complexity index is 1210. The number of fused-ring (bicyclic) bond motifs is 2. The van der Waals surface area contributed by atoms with Crippen molar-refractivity contribution in [3.63, 3.8) is 0 Å². The zero-order valence-corrected chi connectivity index (χ0v) is 15.7. The smallest absolute Gasteiger partial charge is 0.296 e. The number of anilines is 1. The van der Waals surface area contributed by atoms with Crippen LogP contribution in [-0.4, -0.2) is 35.3 Å². The van der Waals surface area contributed by atoms with Gasteiger partial charge in [-0.3, -0.25) is 4.79 Å². The van der Waals surface area contributed by atoms with Gasteiger partial charge in [0, 0.05) is 17.0 Å². The number of aryl methyl sites for hydroxylation is 3. The molecule has 0 radical (unpaired) electrons. The molecule has 0 fully saturated rings. The molecule has 5 rings (SSSR count). The SMILES string of the molecule is Cc1cc(C)n2nc(C(=O)Nc3c4c(nn3-c3ccccc3)CCC4)nc2n1. The maximum atomic E-state index is 12.9. The first-order valence-corrected chi connectivity index (χ1v) is 9.29. The molecular weight excluding hydrogens is 354 g/mol. The summed E-state index contributed by atoms with van der Waals surface area (Å²) < 4.78 is 3.38. The van der Waals surface area contributed by atoms with E-state index in [0.29, 0.717) is 11.6 Å². The average molecular weight is 373 g/mol. The molecule has 1 aliphatic carbocycles. The maximum absolute atomic E-state index is 12.9. The van der Waals surface area contributed by atoms with Gasteiger partial charge in [0.1, 0.15) is 5.82 Å². The van der Waals surface area contributed by atoms with Gasteiger partial charge in [-0.05, 0) is 51.3 Å². The lowest BCUT2D eigenvalue weighted by molar-refractivity contribution is 0.101. The number of carbonyl (C=O) groups is 1. The van der Waals surface area contributed by atoms with Crippen LogP contribution >= 0.6 is 0 Å².